The van der Waals surface area contributed by atoms with E-state index in [1.54, 1.807) is 7.11 Å². The summed E-state index contributed by atoms with van der Waals surface area (Å²) in [6.45, 7) is 0.454. The zero-order valence-electron chi connectivity index (χ0n) is 25.6. The largest absolute Gasteiger partial charge is 0.496 e. The summed E-state index contributed by atoms with van der Waals surface area (Å²) in [5.41, 5.74) is 15.6. The molecule has 0 spiro atoms. The third-order valence-electron chi connectivity index (χ3n) is 8.23. The molecule has 2 N–H and O–H groups in total. The summed E-state index contributed by atoms with van der Waals surface area (Å²) in [6.07, 6.45) is 0. The smallest absolute Gasteiger partial charge is 0.150 e. The number of fused-ring (bicyclic) bond motifs is 1. The molecule has 0 saturated heterocycles. The molecule has 0 aliphatic rings. The summed E-state index contributed by atoms with van der Waals surface area (Å²) in [4.78, 5) is 2.25. The Hall–Kier alpha value is -6.00. The van der Waals surface area contributed by atoms with Crippen molar-refractivity contribution < 1.29 is 9.47 Å². The number of nitrogen functional groups attached to an aromatic ring is 1. The number of hydrogen-bond acceptors (Lipinski definition) is 4. The minimum atomic E-state index is 0.454. The van der Waals surface area contributed by atoms with Crippen molar-refractivity contribution in [1.29, 1.82) is 0 Å². The van der Waals surface area contributed by atoms with Crippen LogP contribution in [0.2, 0.25) is 0 Å². The fourth-order valence-corrected chi connectivity index (χ4v) is 5.88. The number of ether oxygens (including phenoxy) is 2. The Kier molecular flexibility index (Phi) is 8.08. The SMILES string of the molecule is COc1cc(N(c2ccccc2)c2ccc(-c3ccc4ccc(N)c(OCc5ccccc5)c4c3)cc2)ccc1-c1ccccc1. The highest BCUT2D eigenvalue weighted by atomic mass is 16.5. The second-order valence-electron chi connectivity index (χ2n) is 11.2. The average molecular weight is 599 g/mol. The van der Waals surface area contributed by atoms with Crippen molar-refractivity contribution in [2.75, 3.05) is 17.7 Å². The van der Waals surface area contributed by atoms with Gasteiger partial charge in [-0.3, -0.25) is 0 Å². The molecular formula is C42H34N2O2. The lowest BCUT2D eigenvalue weighted by atomic mass is 9.99. The zero-order chi connectivity index (χ0) is 31.3. The van der Waals surface area contributed by atoms with Gasteiger partial charge < -0.3 is 20.1 Å². The van der Waals surface area contributed by atoms with Gasteiger partial charge in [-0.2, -0.15) is 0 Å². The van der Waals surface area contributed by atoms with Gasteiger partial charge in [0, 0.05) is 34.1 Å². The van der Waals surface area contributed by atoms with Crippen LogP contribution in [0.15, 0.2) is 164 Å². The predicted molar refractivity (Wildman–Crippen MR) is 191 cm³/mol. The summed E-state index contributed by atoms with van der Waals surface area (Å²) in [5.74, 6) is 1.53. The number of rotatable bonds is 9. The second-order valence-corrected chi connectivity index (χ2v) is 11.2. The topological polar surface area (TPSA) is 47.7 Å². The number of methoxy groups -OCH3 is 1. The Morgan fingerprint density at radius 2 is 1.15 bits per heavy atom. The third kappa shape index (κ3) is 5.89. The summed E-state index contributed by atoms with van der Waals surface area (Å²) in [5, 5.41) is 2.08. The van der Waals surface area contributed by atoms with E-state index in [-0.39, 0.29) is 0 Å². The van der Waals surface area contributed by atoms with Gasteiger partial charge >= 0.3 is 0 Å². The van der Waals surface area contributed by atoms with Crippen LogP contribution in [-0.2, 0) is 6.61 Å². The van der Waals surface area contributed by atoms with E-state index in [2.05, 4.69) is 114 Å². The molecule has 0 bridgehead atoms. The van der Waals surface area contributed by atoms with Gasteiger partial charge in [0.15, 0.2) is 5.75 Å². The van der Waals surface area contributed by atoms with E-state index < -0.39 is 0 Å². The van der Waals surface area contributed by atoms with Crippen LogP contribution < -0.4 is 20.1 Å². The van der Waals surface area contributed by atoms with Crippen molar-refractivity contribution >= 4 is 33.5 Å². The van der Waals surface area contributed by atoms with Crippen molar-refractivity contribution in [1.82, 2.24) is 0 Å². The first-order valence-corrected chi connectivity index (χ1v) is 15.4. The van der Waals surface area contributed by atoms with Gasteiger partial charge in [-0.05, 0) is 76.2 Å². The van der Waals surface area contributed by atoms with E-state index in [1.807, 2.05) is 54.6 Å². The first kappa shape index (κ1) is 28.8. The van der Waals surface area contributed by atoms with Crippen LogP contribution in [0.4, 0.5) is 22.7 Å². The second kappa shape index (κ2) is 12.9. The predicted octanol–water partition coefficient (Wildman–Crippen LogP) is 10.8. The van der Waals surface area contributed by atoms with Crippen molar-refractivity contribution in [3.8, 4) is 33.8 Å². The summed E-state index contributed by atoms with van der Waals surface area (Å²) in [7, 11) is 1.72. The molecule has 7 aromatic rings. The van der Waals surface area contributed by atoms with E-state index in [9.17, 15) is 0 Å². The Balaban J connectivity index is 1.23. The highest BCUT2D eigenvalue weighted by Gasteiger charge is 2.16. The van der Waals surface area contributed by atoms with Crippen LogP contribution in [0.5, 0.6) is 11.5 Å². The number of nitrogens with two attached hydrogens (primary N) is 1. The van der Waals surface area contributed by atoms with Crippen molar-refractivity contribution in [2.45, 2.75) is 6.61 Å². The molecule has 0 atom stereocenters. The lowest BCUT2D eigenvalue weighted by molar-refractivity contribution is 0.312. The highest BCUT2D eigenvalue weighted by molar-refractivity contribution is 5.96. The average Bonchev–Trinajstić information content (AvgIpc) is 3.12. The Bertz CT molecular complexity index is 2080. The lowest BCUT2D eigenvalue weighted by Gasteiger charge is -2.26. The first-order valence-electron chi connectivity index (χ1n) is 15.4. The van der Waals surface area contributed by atoms with Crippen molar-refractivity contribution in [2.24, 2.45) is 0 Å². The van der Waals surface area contributed by atoms with Gasteiger partial charge in [-0.25, -0.2) is 0 Å². The molecule has 0 amide bonds. The number of nitrogens with zero attached hydrogens (tertiary/aromatic N) is 1. The van der Waals surface area contributed by atoms with Crippen LogP contribution in [0.25, 0.3) is 33.0 Å². The lowest BCUT2D eigenvalue weighted by Crippen LogP contribution is -2.10. The minimum absolute atomic E-state index is 0.454. The molecule has 0 fully saturated rings. The molecule has 0 aliphatic heterocycles. The number of para-hydroxylation sites is 1. The quantitative estimate of drug-likeness (QED) is 0.168. The maximum absolute atomic E-state index is 6.43. The number of benzene rings is 7. The molecule has 0 aliphatic carbocycles. The van der Waals surface area contributed by atoms with Crippen molar-refractivity contribution in [3.63, 3.8) is 0 Å². The summed E-state index contributed by atoms with van der Waals surface area (Å²) >= 11 is 0. The first-order chi connectivity index (χ1) is 22.7. The normalized spacial score (nSPS) is 10.9. The van der Waals surface area contributed by atoms with E-state index in [1.165, 1.54) is 0 Å². The van der Waals surface area contributed by atoms with Gasteiger partial charge in [0.05, 0.1) is 12.8 Å². The maximum atomic E-state index is 6.43. The maximum Gasteiger partial charge on any atom is 0.150 e. The standard InChI is InChI=1S/C42H34N2O2/c1-45-41-28-37(24-25-38(41)32-13-7-3-8-14-32)44(35-15-9-4-10-16-35)36-22-19-31(20-23-36)34-18-17-33-21-26-40(43)42(39(33)27-34)46-29-30-11-5-2-6-12-30/h2-28H,29,43H2,1H3. The van der Waals surface area contributed by atoms with Crippen LogP contribution >= 0.6 is 0 Å². The van der Waals surface area contributed by atoms with Crippen LogP contribution in [0.1, 0.15) is 5.56 Å². The van der Waals surface area contributed by atoms with Crippen molar-refractivity contribution in [3.05, 3.63) is 169 Å². The fourth-order valence-electron chi connectivity index (χ4n) is 5.88. The molecule has 0 aromatic heterocycles. The molecular weight excluding hydrogens is 564 g/mol. The molecule has 46 heavy (non-hydrogen) atoms. The molecule has 4 nitrogen and oxygen atoms in total. The molecule has 0 radical (unpaired) electrons. The Morgan fingerprint density at radius 1 is 0.543 bits per heavy atom. The number of hydrogen-bond donors (Lipinski definition) is 1. The summed E-state index contributed by atoms with van der Waals surface area (Å²) in [6, 6.07) is 56.3. The van der Waals surface area contributed by atoms with E-state index in [0.717, 1.165) is 61.4 Å². The van der Waals surface area contributed by atoms with E-state index in [0.29, 0.717) is 18.0 Å². The summed E-state index contributed by atoms with van der Waals surface area (Å²) < 4.78 is 12.2. The van der Waals surface area contributed by atoms with E-state index >= 15 is 0 Å². The third-order valence-corrected chi connectivity index (χ3v) is 8.23. The molecule has 4 heteroatoms. The van der Waals surface area contributed by atoms with Crippen LogP contribution in [0, 0.1) is 0 Å². The number of anilines is 4. The molecule has 0 heterocycles. The zero-order valence-corrected chi connectivity index (χ0v) is 25.6. The molecule has 0 unspecified atom stereocenters. The van der Waals surface area contributed by atoms with Gasteiger partial charge in [0.1, 0.15) is 12.4 Å². The van der Waals surface area contributed by atoms with Gasteiger partial charge in [-0.15, -0.1) is 0 Å². The Labute approximate surface area is 269 Å². The van der Waals surface area contributed by atoms with Gasteiger partial charge in [-0.1, -0.05) is 109 Å². The Morgan fingerprint density at radius 3 is 1.87 bits per heavy atom. The van der Waals surface area contributed by atoms with Crippen LogP contribution in [0.3, 0.4) is 0 Å². The highest BCUT2D eigenvalue weighted by Crippen LogP contribution is 2.41. The fraction of sp³-hybridized carbons (Fsp3) is 0.0476. The van der Waals surface area contributed by atoms with Gasteiger partial charge in [0.25, 0.3) is 0 Å². The minimum Gasteiger partial charge on any atom is -0.496 e. The monoisotopic (exact) mass is 598 g/mol. The molecule has 7 rings (SSSR count). The van der Waals surface area contributed by atoms with Crippen LogP contribution in [-0.4, -0.2) is 7.11 Å². The molecule has 7 aromatic carbocycles. The molecule has 224 valence electrons. The van der Waals surface area contributed by atoms with Gasteiger partial charge in [0.2, 0.25) is 0 Å². The molecule has 0 saturated carbocycles. The van der Waals surface area contributed by atoms with E-state index in [4.69, 9.17) is 15.2 Å².